The highest BCUT2D eigenvalue weighted by Crippen LogP contribution is 2.50. The first kappa shape index (κ1) is 30.7. The quantitative estimate of drug-likeness (QED) is 0.235. The van der Waals surface area contributed by atoms with Crippen molar-refractivity contribution in [2.24, 2.45) is 17.3 Å². The van der Waals surface area contributed by atoms with E-state index in [4.69, 9.17) is 9.40 Å². The van der Waals surface area contributed by atoms with Gasteiger partial charge in [0.05, 0.1) is 53.5 Å². The average Bonchev–Trinajstić information content (AvgIpc) is 3.53. The van der Waals surface area contributed by atoms with Crippen molar-refractivity contribution in [2.45, 2.75) is 107 Å². The summed E-state index contributed by atoms with van der Waals surface area (Å²) in [5.41, 5.74) is 1.85. The molecule has 3 heterocycles. The van der Waals surface area contributed by atoms with Crippen LogP contribution in [0, 0.1) is 28.6 Å². The second-order valence-electron chi connectivity index (χ2n) is 13.9. The second-order valence-corrected chi connectivity index (χ2v) is 13.9. The van der Waals surface area contributed by atoms with Crippen LogP contribution in [0.4, 0.5) is 17.6 Å². The Kier molecular flexibility index (Phi) is 7.60. The maximum Gasteiger partial charge on any atom is 0.255 e. The summed E-state index contributed by atoms with van der Waals surface area (Å²) in [5.74, 6) is -6.63. The van der Waals surface area contributed by atoms with Crippen LogP contribution < -0.4 is 10.6 Å². The molecule has 0 aromatic carbocycles. The molecule has 0 saturated heterocycles. The number of halogens is 4. The van der Waals surface area contributed by atoms with Crippen molar-refractivity contribution in [3.63, 3.8) is 0 Å². The number of hydrogen-bond donors (Lipinski definition) is 2. The summed E-state index contributed by atoms with van der Waals surface area (Å²) in [4.78, 5) is 31.3. The molecule has 0 spiro atoms. The molecule has 1 unspecified atom stereocenters. The van der Waals surface area contributed by atoms with Gasteiger partial charge in [0, 0.05) is 37.7 Å². The van der Waals surface area contributed by atoms with Crippen LogP contribution in [0.1, 0.15) is 122 Å². The van der Waals surface area contributed by atoms with Gasteiger partial charge in [-0.2, -0.15) is 10.4 Å². The minimum Gasteiger partial charge on any atom is -0.471 e. The van der Waals surface area contributed by atoms with Crippen LogP contribution in [-0.2, 0) is 4.79 Å². The molecule has 2 amide bonds. The van der Waals surface area contributed by atoms with Crippen molar-refractivity contribution in [1.82, 2.24) is 25.2 Å². The lowest BCUT2D eigenvalue weighted by molar-refractivity contribution is -0.135. The molecule has 0 aliphatic heterocycles. The van der Waals surface area contributed by atoms with Crippen LogP contribution in [-0.4, -0.2) is 38.3 Å². The molecule has 3 aromatic heterocycles. The number of alkyl halides is 4. The van der Waals surface area contributed by atoms with Gasteiger partial charge < -0.3 is 15.1 Å². The van der Waals surface area contributed by atoms with Crippen molar-refractivity contribution in [1.29, 1.82) is 5.26 Å². The van der Waals surface area contributed by atoms with E-state index < -0.39 is 41.2 Å². The summed E-state index contributed by atoms with van der Waals surface area (Å²) in [6.07, 6.45) is 9.30. The zero-order valence-electron chi connectivity index (χ0n) is 25.3. The number of amides is 2. The Bertz CT molecular complexity index is 1670. The zero-order chi connectivity index (χ0) is 32.3. The fourth-order valence-corrected chi connectivity index (χ4v) is 7.44. The minimum absolute atomic E-state index is 0.0439. The van der Waals surface area contributed by atoms with Gasteiger partial charge in [0.2, 0.25) is 17.8 Å². The predicted octanol–water partition coefficient (Wildman–Crippen LogP) is 6.78. The molecule has 4 fully saturated rings. The Balaban J connectivity index is 1.16. The zero-order valence-corrected chi connectivity index (χ0v) is 25.3. The van der Waals surface area contributed by atoms with Gasteiger partial charge in [0.1, 0.15) is 6.26 Å². The van der Waals surface area contributed by atoms with E-state index in [9.17, 15) is 32.4 Å². The number of fused-ring (bicyclic) bond motifs is 1. The highest BCUT2D eigenvalue weighted by molar-refractivity contribution is 5.96. The monoisotopic (exact) mass is 640 g/mol. The fourth-order valence-electron chi connectivity index (χ4n) is 7.44. The summed E-state index contributed by atoms with van der Waals surface area (Å²) in [5, 5.41) is 20.7. The smallest absolute Gasteiger partial charge is 0.255 e. The van der Waals surface area contributed by atoms with E-state index >= 15 is 0 Å². The highest BCUT2D eigenvalue weighted by atomic mass is 19.3. The van der Waals surface area contributed by atoms with Gasteiger partial charge >= 0.3 is 0 Å². The van der Waals surface area contributed by atoms with Crippen molar-refractivity contribution in [3.8, 4) is 6.07 Å². The third-order valence-corrected chi connectivity index (χ3v) is 10.5. The first-order chi connectivity index (χ1) is 21.9. The van der Waals surface area contributed by atoms with E-state index in [1.807, 2.05) is 0 Å². The van der Waals surface area contributed by atoms with Gasteiger partial charge in [-0.15, -0.1) is 0 Å². The lowest BCUT2D eigenvalue weighted by atomic mass is 9.63. The minimum atomic E-state index is -2.75. The van der Waals surface area contributed by atoms with Crippen LogP contribution in [0.25, 0.3) is 5.65 Å². The Morgan fingerprint density at radius 3 is 2.41 bits per heavy atom. The number of imidazole rings is 1. The summed E-state index contributed by atoms with van der Waals surface area (Å²) in [7, 11) is 0. The Morgan fingerprint density at radius 1 is 1.04 bits per heavy atom. The van der Waals surface area contributed by atoms with Crippen molar-refractivity contribution in [2.75, 3.05) is 0 Å². The topological polar surface area (TPSA) is 125 Å². The molecule has 4 aliphatic rings. The molecule has 0 bridgehead atoms. The number of carbonyl (C=O) groups excluding carboxylic acids is 2. The molecule has 4 saturated carbocycles. The summed E-state index contributed by atoms with van der Waals surface area (Å²) < 4.78 is 61.9. The van der Waals surface area contributed by atoms with Crippen LogP contribution >= 0.6 is 0 Å². The van der Waals surface area contributed by atoms with E-state index in [1.165, 1.54) is 10.8 Å². The van der Waals surface area contributed by atoms with Crippen molar-refractivity contribution in [3.05, 3.63) is 53.4 Å². The number of furan rings is 1. The Hall–Kier alpha value is -3.95. The number of hydrogen-bond acceptors (Lipinski definition) is 6. The van der Waals surface area contributed by atoms with Crippen molar-refractivity contribution >= 4 is 17.5 Å². The Morgan fingerprint density at radius 2 is 1.78 bits per heavy atom. The molecule has 4 aliphatic carbocycles. The van der Waals surface area contributed by atoms with Crippen molar-refractivity contribution < 1.29 is 31.6 Å². The van der Waals surface area contributed by atoms with Crippen LogP contribution in [0.2, 0.25) is 0 Å². The first-order valence-corrected chi connectivity index (χ1v) is 16.1. The highest BCUT2D eigenvalue weighted by Gasteiger charge is 2.49. The number of nitrogens with zero attached hydrogens (tertiary/aromatic N) is 4. The first-order valence-electron chi connectivity index (χ1n) is 16.1. The number of rotatable bonds is 10. The fraction of sp³-hybridized carbons (Fsp3) is 0.606. The normalized spacial score (nSPS) is 23.5. The average molecular weight is 641 g/mol. The van der Waals surface area contributed by atoms with E-state index in [0.29, 0.717) is 35.3 Å². The van der Waals surface area contributed by atoms with Crippen LogP contribution in [0.3, 0.4) is 0 Å². The number of aromatic nitrogens is 3. The number of nitrogens with one attached hydrogen (secondary N) is 2. The number of nitriles is 1. The maximum atomic E-state index is 14.1. The van der Waals surface area contributed by atoms with E-state index in [1.54, 1.807) is 24.7 Å². The third kappa shape index (κ3) is 5.98. The lowest BCUT2D eigenvalue weighted by Gasteiger charge is -2.43. The van der Waals surface area contributed by atoms with Gasteiger partial charge in [-0.1, -0.05) is 6.42 Å². The summed E-state index contributed by atoms with van der Waals surface area (Å²) >= 11 is 0. The van der Waals surface area contributed by atoms with Gasteiger partial charge in [-0.05, 0) is 67.9 Å². The third-order valence-electron chi connectivity index (χ3n) is 10.5. The molecule has 2 atom stereocenters. The van der Waals surface area contributed by atoms with Crippen LogP contribution in [0.15, 0.2) is 35.4 Å². The molecule has 7 rings (SSSR count). The van der Waals surface area contributed by atoms with Gasteiger partial charge in [-0.25, -0.2) is 27.1 Å². The maximum absolute atomic E-state index is 14.1. The standard InChI is InChI=1S/C33H36F4N6O3/c34-32(35)8-4-21(5-9-32)28(42-30(45)24-17-46-16-23(24)20-2-3-20)25-15-43-26(40-25)11-22(14-39-43)29(31(18-38)6-1-7-31)41-27(44)10-19-12-33(36,37)13-19/h11,14-17,19-21,28-29H,1-10,12-13H2,(H,41,44)(H,42,45)/t28-,29?/m0/s1. The number of carbonyl (C=O) groups is 2. The molecule has 244 valence electrons. The second kappa shape index (κ2) is 11.4. The summed E-state index contributed by atoms with van der Waals surface area (Å²) in [6.45, 7) is 0. The molecule has 2 N–H and O–H groups in total. The van der Waals surface area contributed by atoms with E-state index in [-0.39, 0.29) is 62.7 Å². The largest absolute Gasteiger partial charge is 0.471 e. The van der Waals surface area contributed by atoms with E-state index in [0.717, 1.165) is 24.8 Å². The summed E-state index contributed by atoms with van der Waals surface area (Å²) in [6, 6.07) is 2.73. The molecular formula is C33H36F4N6O3. The van der Waals surface area contributed by atoms with Gasteiger partial charge in [0.25, 0.3) is 5.91 Å². The molecule has 46 heavy (non-hydrogen) atoms. The molecule has 3 aromatic rings. The Labute approximate surface area is 263 Å². The molecule has 13 heteroatoms. The molecule has 9 nitrogen and oxygen atoms in total. The van der Waals surface area contributed by atoms with Gasteiger partial charge in [-0.3, -0.25) is 9.59 Å². The SMILES string of the molecule is N#CC1(C(NC(=O)CC2CC(F)(F)C2)c2cnn3cc([C@@H](NC(=O)c4cocc4C4CC4)C4CCC(F)(F)CC4)nc3c2)CCC1. The van der Waals surface area contributed by atoms with Gasteiger partial charge in [0.15, 0.2) is 5.65 Å². The molecule has 0 radical (unpaired) electrons. The van der Waals surface area contributed by atoms with Crippen LogP contribution in [0.5, 0.6) is 0 Å². The predicted molar refractivity (Wildman–Crippen MR) is 156 cm³/mol. The molecular weight excluding hydrogens is 604 g/mol. The lowest BCUT2D eigenvalue weighted by Crippen LogP contribution is -2.46. The van der Waals surface area contributed by atoms with E-state index in [2.05, 4.69) is 21.8 Å².